The van der Waals surface area contributed by atoms with Crippen LogP contribution in [-0.2, 0) is 36.2 Å². The van der Waals surface area contributed by atoms with E-state index in [0.717, 1.165) is 27.7 Å². The molecule has 5 heteroatoms. The Morgan fingerprint density at radius 1 is 0.643 bits per heavy atom. The molecular weight excluding hydrogens is 228 g/mol. The summed E-state index contributed by atoms with van der Waals surface area (Å²) in [7, 11) is 0. The summed E-state index contributed by atoms with van der Waals surface area (Å²) < 4.78 is 0. The van der Waals surface area contributed by atoms with E-state index in [-0.39, 0.29) is 17.1 Å². The van der Waals surface area contributed by atoms with Gasteiger partial charge in [-0.1, -0.05) is 0 Å². The summed E-state index contributed by atoms with van der Waals surface area (Å²) in [5.41, 5.74) is -2.06. The van der Waals surface area contributed by atoms with E-state index in [2.05, 4.69) is 0 Å². The molecule has 77 valence electrons. The topological polar surface area (TPSA) is 68.3 Å². The maximum absolute atomic E-state index is 11.1. The van der Waals surface area contributed by atoms with Crippen molar-refractivity contribution >= 4 is 23.1 Å². The first kappa shape index (κ1) is 15.7. The second-order valence-corrected chi connectivity index (χ2v) is 2.97. The Balaban J connectivity index is 0. The first-order chi connectivity index (χ1) is 5.77. The molecule has 4 nitrogen and oxygen atoms in total. The molecule has 0 fully saturated rings. The van der Waals surface area contributed by atoms with Crippen LogP contribution in [0, 0.1) is 5.41 Å². The van der Waals surface area contributed by atoms with Gasteiger partial charge in [-0.3, -0.25) is 19.2 Å². The molecule has 0 aromatic rings. The monoisotopic (exact) mass is 240 g/mol. The molecule has 0 aromatic heterocycles. The zero-order valence-electron chi connectivity index (χ0n) is 8.49. The van der Waals surface area contributed by atoms with E-state index >= 15 is 0 Å². The number of hydrogen-bond donors (Lipinski definition) is 0. The van der Waals surface area contributed by atoms with Gasteiger partial charge in [0.25, 0.3) is 0 Å². The number of carbonyl (C=O) groups is 4. The van der Waals surface area contributed by atoms with Crippen LogP contribution >= 0.6 is 0 Å². The van der Waals surface area contributed by atoms with Crippen molar-refractivity contribution in [2.45, 2.75) is 27.7 Å². The molecule has 14 heavy (non-hydrogen) atoms. The summed E-state index contributed by atoms with van der Waals surface area (Å²) in [5.74, 6) is -2.83. The minimum absolute atomic E-state index is 0. The summed E-state index contributed by atoms with van der Waals surface area (Å²) in [4.78, 5) is 44.5. The van der Waals surface area contributed by atoms with Crippen molar-refractivity contribution in [3.8, 4) is 0 Å². The van der Waals surface area contributed by atoms with Crippen LogP contribution in [0.25, 0.3) is 0 Å². The molecule has 0 aliphatic heterocycles. The minimum atomic E-state index is -2.06. The SMILES string of the molecule is CC(=O)C(C(C)=O)(C(C)=O)C(C)=O.[Fe+3]. The van der Waals surface area contributed by atoms with Crippen molar-refractivity contribution in [2.24, 2.45) is 5.41 Å². The molecule has 0 unspecified atom stereocenters. The molecule has 0 aliphatic carbocycles. The predicted octanol–water partition coefficient (Wildman–Crippen LogP) is 0.326. The number of carbonyl (C=O) groups excluding carboxylic acids is 4. The second kappa shape index (κ2) is 5.17. The van der Waals surface area contributed by atoms with E-state index in [1.807, 2.05) is 0 Å². The first-order valence-corrected chi connectivity index (χ1v) is 3.82. The van der Waals surface area contributed by atoms with E-state index in [0.29, 0.717) is 0 Å². The fourth-order valence-electron chi connectivity index (χ4n) is 1.49. The number of ketones is 4. The van der Waals surface area contributed by atoms with Crippen molar-refractivity contribution in [3.63, 3.8) is 0 Å². The van der Waals surface area contributed by atoms with Gasteiger partial charge in [0.2, 0.25) is 5.41 Å². The fraction of sp³-hybridized carbons (Fsp3) is 0.556. The van der Waals surface area contributed by atoms with Gasteiger partial charge in [0.15, 0.2) is 23.1 Å². The second-order valence-electron chi connectivity index (χ2n) is 2.97. The minimum Gasteiger partial charge on any atom is -0.298 e. The molecule has 0 aliphatic rings. The Morgan fingerprint density at radius 3 is 0.786 bits per heavy atom. The summed E-state index contributed by atoms with van der Waals surface area (Å²) >= 11 is 0. The standard InChI is InChI=1S/C9H12O4.Fe/c1-5(10)9(6(2)11,7(3)12)8(4)13;/h1-4H3;/q;+3. The van der Waals surface area contributed by atoms with E-state index < -0.39 is 28.5 Å². The van der Waals surface area contributed by atoms with Crippen molar-refractivity contribution < 1.29 is 36.2 Å². The van der Waals surface area contributed by atoms with E-state index in [1.165, 1.54) is 0 Å². The van der Waals surface area contributed by atoms with Gasteiger partial charge in [0.1, 0.15) is 0 Å². The largest absolute Gasteiger partial charge is 3.00 e. The molecule has 0 rings (SSSR count). The zero-order valence-corrected chi connectivity index (χ0v) is 9.59. The molecule has 0 N–H and O–H groups in total. The number of Topliss-reactive ketones (excluding diaryl/α,β-unsaturated/α-hetero) is 4. The normalized spacial score (nSPS) is 10.0. The maximum Gasteiger partial charge on any atom is 3.00 e. The Kier molecular flexibility index (Phi) is 5.79. The average molecular weight is 240 g/mol. The van der Waals surface area contributed by atoms with Gasteiger partial charge in [-0.15, -0.1) is 0 Å². The Labute approximate surface area is 92.9 Å². The van der Waals surface area contributed by atoms with E-state index in [1.54, 1.807) is 0 Å². The van der Waals surface area contributed by atoms with Gasteiger partial charge in [0, 0.05) is 0 Å². The summed E-state index contributed by atoms with van der Waals surface area (Å²) in [6.07, 6.45) is 0. The third-order valence-electron chi connectivity index (χ3n) is 2.11. The third-order valence-corrected chi connectivity index (χ3v) is 2.11. The molecule has 0 bridgehead atoms. The third kappa shape index (κ3) is 2.16. The van der Waals surface area contributed by atoms with Crippen LogP contribution in [0.4, 0.5) is 0 Å². The van der Waals surface area contributed by atoms with Crippen LogP contribution in [0.2, 0.25) is 0 Å². The summed E-state index contributed by atoms with van der Waals surface area (Å²) in [5, 5.41) is 0. The van der Waals surface area contributed by atoms with Gasteiger partial charge >= 0.3 is 17.1 Å². The van der Waals surface area contributed by atoms with Gasteiger partial charge in [0.05, 0.1) is 0 Å². The van der Waals surface area contributed by atoms with Crippen molar-refractivity contribution in [1.29, 1.82) is 0 Å². The van der Waals surface area contributed by atoms with Gasteiger partial charge in [-0.05, 0) is 27.7 Å². The van der Waals surface area contributed by atoms with Crippen LogP contribution in [0.1, 0.15) is 27.7 Å². The van der Waals surface area contributed by atoms with Crippen LogP contribution in [0.3, 0.4) is 0 Å². The zero-order chi connectivity index (χ0) is 10.8. The average Bonchev–Trinajstić information content (AvgIpc) is 1.82. The van der Waals surface area contributed by atoms with Gasteiger partial charge in [-0.25, -0.2) is 0 Å². The molecule has 1 radical (unpaired) electrons. The van der Waals surface area contributed by atoms with Crippen LogP contribution < -0.4 is 0 Å². The molecule has 0 amide bonds. The predicted molar refractivity (Wildman–Crippen MR) is 45.2 cm³/mol. The van der Waals surface area contributed by atoms with Gasteiger partial charge in [-0.2, -0.15) is 0 Å². The summed E-state index contributed by atoms with van der Waals surface area (Å²) in [6.45, 7) is 4.29. The Bertz CT molecular complexity index is 232. The number of rotatable bonds is 4. The van der Waals surface area contributed by atoms with Crippen LogP contribution in [0.15, 0.2) is 0 Å². The maximum atomic E-state index is 11.1. The van der Waals surface area contributed by atoms with Crippen molar-refractivity contribution in [2.75, 3.05) is 0 Å². The van der Waals surface area contributed by atoms with E-state index in [9.17, 15) is 19.2 Å². The molecule has 0 spiro atoms. The smallest absolute Gasteiger partial charge is 0.298 e. The Morgan fingerprint density at radius 2 is 0.786 bits per heavy atom. The van der Waals surface area contributed by atoms with Crippen LogP contribution in [0.5, 0.6) is 0 Å². The first-order valence-electron chi connectivity index (χ1n) is 3.82. The quantitative estimate of drug-likeness (QED) is 0.524. The number of hydrogen-bond acceptors (Lipinski definition) is 4. The van der Waals surface area contributed by atoms with Crippen molar-refractivity contribution in [3.05, 3.63) is 0 Å². The summed E-state index contributed by atoms with van der Waals surface area (Å²) in [6, 6.07) is 0. The molecule has 0 aromatic carbocycles. The molecule has 0 heterocycles. The fourth-order valence-corrected chi connectivity index (χ4v) is 1.49. The molecular formula is C9H12FeO4+3. The molecule has 0 saturated carbocycles. The molecule has 0 atom stereocenters. The van der Waals surface area contributed by atoms with E-state index in [4.69, 9.17) is 0 Å². The van der Waals surface area contributed by atoms with Crippen LogP contribution in [-0.4, -0.2) is 23.1 Å². The Hall–Kier alpha value is -0.801. The van der Waals surface area contributed by atoms with Crippen molar-refractivity contribution in [1.82, 2.24) is 0 Å². The van der Waals surface area contributed by atoms with Gasteiger partial charge < -0.3 is 0 Å². The molecule has 0 saturated heterocycles.